The van der Waals surface area contributed by atoms with E-state index in [9.17, 15) is 9.59 Å². The first-order valence-electron chi connectivity index (χ1n) is 11.5. The average molecular weight is 615 g/mol. The van der Waals surface area contributed by atoms with E-state index < -0.39 is 0 Å². The maximum atomic E-state index is 12.9. The standard InChI is InChI=1S/C28H26INO5S/c1-3-33-24-16-20(15-23(29)26(24)35-18-21-10-8-7-9-19(21)2)17-25-27(31)30(28(32)36-25)13-14-34-22-11-5-4-6-12-22/h4-12,15-17H,3,13-14,18H2,1-2H3/b25-17-. The van der Waals surface area contributed by atoms with Crippen LogP contribution in [0.2, 0.25) is 0 Å². The highest BCUT2D eigenvalue weighted by Crippen LogP contribution is 2.38. The molecule has 0 saturated carbocycles. The first kappa shape index (κ1) is 26.1. The van der Waals surface area contributed by atoms with Crippen LogP contribution in [0.25, 0.3) is 6.08 Å². The Kier molecular flexibility index (Phi) is 8.93. The van der Waals surface area contributed by atoms with Gasteiger partial charge in [0.05, 0.1) is 21.6 Å². The van der Waals surface area contributed by atoms with Crippen molar-refractivity contribution >= 4 is 51.6 Å². The number of imide groups is 1. The highest BCUT2D eigenvalue weighted by molar-refractivity contribution is 14.1. The SMILES string of the molecule is CCOc1cc(/C=C2\SC(=O)N(CCOc3ccccc3)C2=O)cc(I)c1OCc1ccccc1C. The van der Waals surface area contributed by atoms with Gasteiger partial charge in [-0.2, -0.15) is 0 Å². The van der Waals surface area contributed by atoms with Crippen molar-refractivity contribution < 1.29 is 23.8 Å². The summed E-state index contributed by atoms with van der Waals surface area (Å²) in [6.07, 6.45) is 1.72. The van der Waals surface area contributed by atoms with Crippen LogP contribution in [-0.2, 0) is 11.4 Å². The summed E-state index contributed by atoms with van der Waals surface area (Å²) in [5, 5.41) is -0.305. The van der Waals surface area contributed by atoms with E-state index >= 15 is 0 Å². The summed E-state index contributed by atoms with van der Waals surface area (Å²) < 4.78 is 18.5. The molecule has 3 aromatic rings. The quantitative estimate of drug-likeness (QED) is 0.187. The lowest BCUT2D eigenvalue weighted by Gasteiger charge is -2.16. The molecule has 186 valence electrons. The second-order valence-corrected chi connectivity index (χ2v) is 10.1. The predicted molar refractivity (Wildman–Crippen MR) is 150 cm³/mol. The zero-order chi connectivity index (χ0) is 25.5. The van der Waals surface area contributed by atoms with Gasteiger partial charge in [-0.25, -0.2) is 0 Å². The number of amides is 2. The summed E-state index contributed by atoms with van der Waals surface area (Å²) in [5.41, 5.74) is 3.02. The number of halogens is 1. The van der Waals surface area contributed by atoms with Crippen molar-refractivity contribution in [2.45, 2.75) is 20.5 Å². The first-order valence-corrected chi connectivity index (χ1v) is 13.4. The van der Waals surface area contributed by atoms with E-state index in [4.69, 9.17) is 14.2 Å². The number of carbonyl (C=O) groups excluding carboxylic acids is 2. The Balaban J connectivity index is 1.47. The van der Waals surface area contributed by atoms with E-state index in [1.165, 1.54) is 4.90 Å². The van der Waals surface area contributed by atoms with E-state index in [1.54, 1.807) is 6.08 Å². The van der Waals surface area contributed by atoms with Crippen LogP contribution in [0.5, 0.6) is 17.2 Å². The van der Waals surface area contributed by atoms with Gasteiger partial charge in [0.25, 0.3) is 11.1 Å². The summed E-state index contributed by atoms with van der Waals surface area (Å²) in [6.45, 7) is 5.27. The van der Waals surface area contributed by atoms with Gasteiger partial charge < -0.3 is 14.2 Å². The van der Waals surface area contributed by atoms with Gasteiger partial charge in [0.1, 0.15) is 19.0 Å². The number of hydrogen-bond donors (Lipinski definition) is 0. The molecule has 1 fully saturated rings. The zero-order valence-electron chi connectivity index (χ0n) is 20.0. The number of aryl methyl sites for hydroxylation is 1. The third kappa shape index (κ3) is 6.41. The number of para-hydroxylation sites is 1. The molecular formula is C28H26INO5S. The van der Waals surface area contributed by atoms with Gasteiger partial charge in [0.15, 0.2) is 11.5 Å². The number of rotatable bonds is 10. The normalized spacial score (nSPS) is 14.4. The van der Waals surface area contributed by atoms with Gasteiger partial charge >= 0.3 is 0 Å². The van der Waals surface area contributed by atoms with Crippen molar-refractivity contribution in [3.63, 3.8) is 0 Å². The van der Waals surface area contributed by atoms with Crippen LogP contribution < -0.4 is 14.2 Å². The van der Waals surface area contributed by atoms with Crippen LogP contribution in [-0.4, -0.2) is 35.8 Å². The number of carbonyl (C=O) groups is 2. The van der Waals surface area contributed by atoms with Gasteiger partial charge in [-0.05, 0) is 95.2 Å². The third-order valence-corrected chi connectivity index (χ3v) is 7.17. The van der Waals surface area contributed by atoms with Gasteiger partial charge in [0.2, 0.25) is 0 Å². The minimum absolute atomic E-state index is 0.185. The Labute approximate surface area is 228 Å². The van der Waals surface area contributed by atoms with Crippen molar-refractivity contribution in [2.75, 3.05) is 19.8 Å². The number of nitrogens with zero attached hydrogens (tertiary/aromatic N) is 1. The minimum atomic E-state index is -0.325. The Morgan fingerprint density at radius 3 is 2.47 bits per heavy atom. The molecule has 8 heteroatoms. The Bertz CT molecular complexity index is 1280. The van der Waals surface area contributed by atoms with E-state index in [0.717, 1.165) is 32.0 Å². The monoisotopic (exact) mass is 615 g/mol. The van der Waals surface area contributed by atoms with Crippen LogP contribution in [0.3, 0.4) is 0 Å². The van der Waals surface area contributed by atoms with Crippen LogP contribution >= 0.6 is 34.4 Å². The van der Waals surface area contributed by atoms with Crippen LogP contribution in [0.4, 0.5) is 4.79 Å². The highest BCUT2D eigenvalue weighted by Gasteiger charge is 2.35. The van der Waals surface area contributed by atoms with Crippen molar-refractivity contribution in [3.05, 3.63) is 91.9 Å². The summed E-state index contributed by atoms with van der Waals surface area (Å²) in [4.78, 5) is 27.0. The molecule has 3 aromatic carbocycles. The van der Waals surface area contributed by atoms with Crippen molar-refractivity contribution in [1.82, 2.24) is 4.90 Å². The summed E-state index contributed by atoms with van der Waals surface area (Å²) >= 11 is 3.14. The molecule has 0 spiro atoms. The highest BCUT2D eigenvalue weighted by atomic mass is 127. The molecule has 0 aromatic heterocycles. The molecule has 2 amide bonds. The molecular weight excluding hydrogens is 589 g/mol. The molecule has 36 heavy (non-hydrogen) atoms. The number of ether oxygens (including phenoxy) is 3. The maximum absolute atomic E-state index is 12.9. The molecule has 1 aliphatic heterocycles. The largest absolute Gasteiger partial charge is 0.492 e. The Morgan fingerprint density at radius 1 is 0.972 bits per heavy atom. The number of hydrogen-bond acceptors (Lipinski definition) is 6. The second kappa shape index (κ2) is 12.3. The van der Waals surface area contributed by atoms with Crippen LogP contribution in [0.15, 0.2) is 71.6 Å². The van der Waals surface area contributed by atoms with Crippen molar-refractivity contribution in [1.29, 1.82) is 0 Å². The van der Waals surface area contributed by atoms with Gasteiger partial charge in [0, 0.05) is 0 Å². The fourth-order valence-electron chi connectivity index (χ4n) is 3.61. The van der Waals surface area contributed by atoms with E-state index in [-0.39, 0.29) is 24.3 Å². The van der Waals surface area contributed by atoms with Crippen LogP contribution in [0, 0.1) is 10.5 Å². The minimum Gasteiger partial charge on any atom is -0.492 e. The molecule has 1 saturated heterocycles. The van der Waals surface area contributed by atoms with E-state index in [2.05, 4.69) is 35.6 Å². The molecule has 0 atom stereocenters. The Hall–Kier alpha value is -2.98. The van der Waals surface area contributed by atoms with Crippen LogP contribution in [0.1, 0.15) is 23.6 Å². The third-order valence-electron chi connectivity index (χ3n) is 5.46. The lowest BCUT2D eigenvalue weighted by atomic mass is 10.1. The average Bonchev–Trinajstić information content (AvgIpc) is 3.12. The van der Waals surface area contributed by atoms with Crippen molar-refractivity contribution in [3.8, 4) is 17.2 Å². The second-order valence-electron chi connectivity index (χ2n) is 7.97. The molecule has 0 radical (unpaired) electrons. The smallest absolute Gasteiger partial charge is 0.293 e. The summed E-state index contributed by atoms with van der Waals surface area (Å²) in [5.74, 6) is 1.63. The van der Waals surface area contributed by atoms with E-state index in [1.807, 2.05) is 67.6 Å². The molecule has 6 nitrogen and oxygen atoms in total. The molecule has 1 heterocycles. The number of benzene rings is 3. The molecule has 0 N–H and O–H groups in total. The molecule has 0 aliphatic carbocycles. The fraction of sp³-hybridized carbons (Fsp3) is 0.214. The summed E-state index contributed by atoms with van der Waals surface area (Å²) in [7, 11) is 0. The lowest BCUT2D eigenvalue weighted by molar-refractivity contribution is -0.123. The van der Waals surface area contributed by atoms with Crippen molar-refractivity contribution in [2.24, 2.45) is 0 Å². The summed E-state index contributed by atoms with van der Waals surface area (Å²) in [6, 6.07) is 21.1. The van der Waals surface area contributed by atoms with Gasteiger partial charge in [-0.3, -0.25) is 14.5 Å². The van der Waals surface area contributed by atoms with Gasteiger partial charge in [-0.1, -0.05) is 42.5 Å². The molecule has 1 aliphatic rings. The predicted octanol–water partition coefficient (Wildman–Crippen LogP) is 6.69. The topological polar surface area (TPSA) is 65.1 Å². The van der Waals surface area contributed by atoms with Gasteiger partial charge in [-0.15, -0.1) is 0 Å². The fourth-order valence-corrected chi connectivity index (χ4v) is 5.26. The maximum Gasteiger partial charge on any atom is 0.293 e. The molecule has 0 unspecified atom stereocenters. The first-order chi connectivity index (χ1) is 17.5. The Morgan fingerprint density at radius 2 is 1.72 bits per heavy atom. The number of thioether (sulfide) groups is 1. The lowest BCUT2D eigenvalue weighted by Crippen LogP contribution is -2.32. The zero-order valence-corrected chi connectivity index (χ0v) is 23.0. The molecule has 0 bridgehead atoms. The van der Waals surface area contributed by atoms with E-state index in [0.29, 0.717) is 35.4 Å². The molecule has 4 rings (SSSR count).